The molecule has 0 saturated heterocycles. The second-order valence-electron chi connectivity index (χ2n) is 3.40. The van der Waals surface area contributed by atoms with Gasteiger partial charge in [0.25, 0.3) is 0 Å². The van der Waals surface area contributed by atoms with E-state index in [1.54, 1.807) is 12.1 Å². The van der Waals surface area contributed by atoms with Crippen LogP contribution in [0.1, 0.15) is 16.7 Å². The maximum atomic E-state index is 11.3. The van der Waals surface area contributed by atoms with Gasteiger partial charge < -0.3 is 15.2 Å². The molecule has 0 fully saturated rings. The number of nitrogens with two attached hydrogens (primary N) is 1. The van der Waals surface area contributed by atoms with E-state index in [1.165, 1.54) is 14.2 Å². The molecule has 0 aliphatic heterocycles. The molecular weight excluding hydrogens is 220 g/mol. The van der Waals surface area contributed by atoms with E-state index in [-0.39, 0.29) is 18.9 Å². The normalized spacial score (nSPS) is 9.53. The van der Waals surface area contributed by atoms with Crippen molar-refractivity contribution in [1.82, 2.24) is 0 Å². The van der Waals surface area contributed by atoms with Gasteiger partial charge in [-0.25, -0.2) is 0 Å². The molecule has 0 aliphatic carbocycles. The first kappa shape index (κ1) is 13.0. The smallest absolute Gasteiger partial charge is 0.310 e. The van der Waals surface area contributed by atoms with Crippen molar-refractivity contribution in [3.63, 3.8) is 0 Å². The fourth-order valence-electron chi connectivity index (χ4n) is 1.59. The predicted octanol–water partition coefficient (Wildman–Crippen LogP) is 0.741. The zero-order valence-corrected chi connectivity index (χ0v) is 9.82. The minimum atomic E-state index is -0.388. The van der Waals surface area contributed by atoms with E-state index in [0.29, 0.717) is 22.4 Å². The molecule has 1 rings (SSSR count). The average Bonchev–Trinajstić information content (AvgIpc) is 2.37. The number of nitriles is 1. The second-order valence-corrected chi connectivity index (χ2v) is 3.40. The van der Waals surface area contributed by atoms with Gasteiger partial charge in [0, 0.05) is 17.7 Å². The van der Waals surface area contributed by atoms with Crippen molar-refractivity contribution >= 4 is 5.97 Å². The monoisotopic (exact) mass is 234 g/mol. The first-order chi connectivity index (χ1) is 8.15. The number of rotatable bonds is 4. The topological polar surface area (TPSA) is 85.3 Å². The third kappa shape index (κ3) is 2.95. The molecule has 0 bridgehead atoms. The molecule has 17 heavy (non-hydrogen) atoms. The molecule has 0 heterocycles. The van der Waals surface area contributed by atoms with Crippen LogP contribution in [0.15, 0.2) is 12.1 Å². The highest BCUT2D eigenvalue weighted by atomic mass is 16.5. The van der Waals surface area contributed by atoms with Crippen molar-refractivity contribution in [2.75, 3.05) is 14.2 Å². The Bertz CT molecular complexity index is 464. The molecule has 0 atom stereocenters. The average molecular weight is 234 g/mol. The highest BCUT2D eigenvalue weighted by Crippen LogP contribution is 2.26. The Kier molecular flexibility index (Phi) is 4.49. The highest BCUT2D eigenvalue weighted by Gasteiger charge is 2.14. The van der Waals surface area contributed by atoms with Crippen molar-refractivity contribution in [3.05, 3.63) is 28.8 Å². The summed E-state index contributed by atoms with van der Waals surface area (Å²) in [5, 5.41) is 8.89. The van der Waals surface area contributed by atoms with Crippen LogP contribution in [0.5, 0.6) is 5.75 Å². The molecule has 0 aliphatic rings. The Morgan fingerprint density at radius 3 is 2.53 bits per heavy atom. The van der Waals surface area contributed by atoms with E-state index in [2.05, 4.69) is 4.74 Å². The zero-order valence-electron chi connectivity index (χ0n) is 9.82. The van der Waals surface area contributed by atoms with Crippen molar-refractivity contribution in [1.29, 1.82) is 5.26 Å². The van der Waals surface area contributed by atoms with E-state index in [1.807, 2.05) is 6.07 Å². The Labute approximate surface area is 99.7 Å². The third-order valence-corrected chi connectivity index (χ3v) is 2.36. The van der Waals surface area contributed by atoms with Gasteiger partial charge in [-0.15, -0.1) is 0 Å². The number of ether oxygens (including phenoxy) is 2. The minimum absolute atomic E-state index is 0.0577. The summed E-state index contributed by atoms with van der Waals surface area (Å²) in [5.74, 6) is 0.151. The largest absolute Gasteiger partial charge is 0.496 e. The number of esters is 1. The SMILES string of the molecule is COC(=O)Cc1cc(C#N)cc(CN)c1OC. The van der Waals surface area contributed by atoms with Crippen LogP contribution in [0.2, 0.25) is 0 Å². The van der Waals surface area contributed by atoms with Gasteiger partial charge in [-0.1, -0.05) is 0 Å². The number of hydrogen-bond donors (Lipinski definition) is 1. The molecule has 1 aromatic rings. The summed E-state index contributed by atoms with van der Waals surface area (Å²) < 4.78 is 9.81. The van der Waals surface area contributed by atoms with Gasteiger partial charge in [-0.3, -0.25) is 4.79 Å². The third-order valence-electron chi connectivity index (χ3n) is 2.36. The Morgan fingerprint density at radius 1 is 1.41 bits per heavy atom. The molecule has 2 N–H and O–H groups in total. The molecule has 0 radical (unpaired) electrons. The number of carbonyl (C=O) groups excluding carboxylic acids is 1. The van der Waals surface area contributed by atoms with Crippen molar-refractivity contribution < 1.29 is 14.3 Å². The predicted molar refractivity (Wildman–Crippen MR) is 61.3 cm³/mol. The zero-order chi connectivity index (χ0) is 12.8. The molecule has 0 aromatic heterocycles. The number of hydrogen-bond acceptors (Lipinski definition) is 5. The van der Waals surface area contributed by atoms with Gasteiger partial charge in [-0.2, -0.15) is 5.26 Å². The summed E-state index contributed by atoms with van der Waals surface area (Å²) in [5.41, 5.74) is 7.34. The fourth-order valence-corrected chi connectivity index (χ4v) is 1.59. The summed E-state index contributed by atoms with van der Waals surface area (Å²) in [6, 6.07) is 5.28. The molecule has 1 aromatic carbocycles. The summed E-state index contributed by atoms with van der Waals surface area (Å²) in [6.45, 7) is 0.243. The molecule has 5 nitrogen and oxygen atoms in total. The first-order valence-corrected chi connectivity index (χ1v) is 5.03. The van der Waals surface area contributed by atoms with Crippen molar-refractivity contribution in [2.24, 2.45) is 5.73 Å². The fraction of sp³-hybridized carbons (Fsp3) is 0.333. The van der Waals surface area contributed by atoms with Crippen LogP contribution < -0.4 is 10.5 Å². The van der Waals surface area contributed by atoms with Crippen LogP contribution in [-0.4, -0.2) is 20.2 Å². The molecule has 0 spiro atoms. The molecule has 0 amide bonds. The van der Waals surface area contributed by atoms with E-state index in [9.17, 15) is 4.79 Å². The lowest BCUT2D eigenvalue weighted by molar-refractivity contribution is -0.139. The Hall–Kier alpha value is -2.06. The molecule has 0 saturated carbocycles. The number of carbonyl (C=O) groups is 1. The summed E-state index contributed by atoms with van der Waals surface area (Å²) in [7, 11) is 2.81. The lowest BCUT2D eigenvalue weighted by Crippen LogP contribution is -2.09. The Morgan fingerprint density at radius 2 is 2.06 bits per heavy atom. The van der Waals surface area contributed by atoms with E-state index in [0.717, 1.165) is 0 Å². The number of methoxy groups -OCH3 is 2. The van der Waals surface area contributed by atoms with Crippen LogP contribution in [0.3, 0.4) is 0 Å². The van der Waals surface area contributed by atoms with E-state index in [4.69, 9.17) is 15.7 Å². The van der Waals surface area contributed by atoms with Gasteiger partial charge in [-0.05, 0) is 12.1 Å². The maximum Gasteiger partial charge on any atom is 0.310 e. The molecule has 0 unspecified atom stereocenters. The van der Waals surface area contributed by atoms with Crippen LogP contribution in [0.4, 0.5) is 0 Å². The molecule has 5 heteroatoms. The first-order valence-electron chi connectivity index (χ1n) is 5.03. The van der Waals surface area contributed by atoms with Crippen LogP contribution in [0.25, 0.3) is 0 Å². The van der Waals surface area contributed by atoms with E-state index >= 15 is 0 Å². The minimum Gasteiger partial charge on any atom is -0.496 e. The molecular formula is C12H14N2O3. The number of benzene rings is 1. The van der Waals surface area contributed by atoms with Crippen LogP contribution in [0, 0.1) is 11.3 Å². The maximum absolute atomic E-state index is 11.3. The van der Waals surface area contributed by atoms with Crippen LogP contribution in [-0.2, 0) is 22.5 Å². The lowest BCUT2D eigenvalue weighted by atomic mass is 10.0. The highest BCUT2D eigenvalue weighted by molar-refractivity contribution is 5.74. The van der Waals surface area contributed by atoms with Gasteiger partial charge in [0.2, 0.25) is 0 Å². The van der Waals surface area contributed by atoms with Gasteiger partial charge in [0.05, 0.1) is 32.3 Å². The number of nitrogens with zero attached hydrogens (tertiary/aromatic N) is 1. The standard InChI is InChI=1S/C12H14N2O3/c1-16-11(15)5-9-3-8(6-13)4-10(7-14)12(9)17-2/h3-4H,5,7,14H2,1-2H3. The van der Waals surface area contributed by atoms with Crippen molar-refractivity contribution in [3.8, 4) is 11.8 Å². The van der Waals surface area contributed by atoms with Gasteiger partial charge >= 0.3 is 5.97 Å². The molecule has 90 valence electrons. The summed E-state index contributed by atoms with van der Waals surface area (Å²) >= 11 is 0. The lowest BCUT2D eigenvalue weighted by Gasteiger charge is -2.12. The second kappa shape index (κ2) is 5.87. The quantitative estimate of drug-likeness (QED) is 0.776. The van der Waals surface area contributed by atoms with Crippen LogP contribution >= 0.6 is 0 Å². The van der Waals surface area contributed by atoms with Gasteiger partial charge in [0.1, 0.15) is 5.75 Å². The summed E-state index contributed by atoms with van der Waals surface area (Å²) in [6.07, 6.45) is 0.0577. The Balaban J connectivity index is 3.25. The van der Waals surface area contributed by atoms with E-state index < -0.39 is 0 Å². The van der Waals surface area contributed by atoms with Gasteiger partial charge in [0.15, 0.2) is 0 Å². The van der Waals surface area contributed by atoms with Crippen molar-refractivity contribution in [2.45, 2.75) is 13.0 Å². The summed E-state index contributed by atoms with van der Waals surface area (Å²) in [4.78, 5) is 11.3.